The van der Waals surface area contributed by atoms with Gasteiger partial charge in [0.1, 0.15) is 10.8 Å². The highest BCUT2D eigenvalue weighted by Gasteiger charge is 2.02. The first kappa shape index (κ1) is 14.9. The van der Waals surface area contributed by atoms with Gasteiger partial charge in [0.2, 0.25) is 0 Å². The zero-order valence-electron chi connectivity index (χ0n) is 11.0. The van der Waals surface area contributed by atoms with Crippen molar-refractivity contribution in [1.82, 2.24) is 4.98 Å². The van der Waals surface area contributed by atoms with E-state index in [2.05, 4.69) is 17.2 Å². The van der Waals surface area contributed by atoms with Gasteiger partial charge in [0.15, 0.2) is 0 Å². The second kappa shape index (κ2) is 8.00. The molecule has 0 saturated heterocycles. The SMILES string of the molecule is CCCOCCCNc1cc(C(N)=S)cc(C)n1. The van der Waals surface area contributed by atoms with Crippen molar-refractivity contribution in [2.75, 3.05) is 25.1 Å². The summed E-state index contributed by atoms with van der Waals surface area (Å²) in [5.74, 6) is 0.813. The smallest absolute Gasteiger partial charge is 0.126 e. The fraction of sp³-hybridized carbons (Fsp3) is 0.538. The molecule has 0 spiro atoms. The van der Waals surface area contributed by atoms with E-state index in [1.165, 1.54) is 0 Å². The van der Waals surface area contributed by atoms with Crippen LogP contribution in [0.15, 0.2) is 12.1 Å². The van der Waals surface area contributed by atoms with Gasteiger partial charge in [-0.3, -0.25) is 0 Å². The predicted molar refractivity (Wildman–Crippen MR) is 79.1 cm³/mol. The average Bonchev–Trinajstić information content (AvgIpc) is 2.33. The first-order valence-electron chi connectivity index (χ1n) is 6.23. The number of nitrogens with two attached hydrogens (primary N) is 1. The molecule has 100 valence electrons. The van der Waals surface area contributed by atoms with Gasteiger partial charge in [0.05, 0.1) is 0 Å². The molecule has 0 radical (unpaired) electrons. The highest BCUT2D eigenvalue weighted by Crippen LogP contribution is 2.10. The molecule has 0 unspecified atom stereocenters. The average molecular weight is 267 g/mol. The maximum Gasteiger partial charge on any atom is 0.126 e. The summed E-state index contributed by atoms with van der Waals surface area (Å²) in [5.41, 5.74) is 7.37. The van der Waals surface area contributed by atoms with E-state index >= 15 is 0 Å². The minimum absolute atomic E-state index is 0.398. The molecule has 0 fully saturated rings. The van der Waals surface area contributed by atoms with Crippen LogP contribution in [0.1, 0.15) is 31.0 Å². The van der Waals surface area contributed by atoms with Crippen molar-refractivity contribution in [2.45, 2.75) is 26.7 Å². The lowest BCUT2D eigenvalue weighted by atomic mass is 10.2. The molecule has 5 heteroatoms. The number of rotatable bonds is 8. The van der Waals surface area contributed by atoms with Crippen molar-refractivity contribution in [3.05, 3.63) is 23.4 Å². The lowest BCUT2D eigenvalue weighted by Gasteiger charge is -2.08. The topological polar surface area (TPSA) is 60.2 Å². The predicted octanol–water partition coefficient (Wildman–Crippen LogP) is 2.25. The van der Waals surface area contributed by atoms with Crippen molar-refractivity contribution in [2.24, 2.45) is 5.73 Å². The van der Waals surface area contributed by atoms with E-state index in [0.717, 1.165) is 49.7 Å². The molecule has 0 aliphatic rings. The van der Waals surface area contributed by atoms with Gasteiger partial charge in [-0.05, 0) is 31.9 Å². The highest BCUT2D eigenvalue weighted by atomic mass is 32.1. The summed E-state index contributed by atoms with van der Waals surface area (Å²) in [6, 6.07) is 3.76. The number of pyridine rings is 1. The van der Waals surface area contributed by atoms with Gasteiger partial charge in [-0.25, -0.2) is 4.98 Å². The number of ether oxygens (including phenoxy) is 1. The summed E-state index contributed by atoms with van der Waals surface area (Å²) in [5, 5.41) is 3.25. The van der Waals surface area contributed by atoms with E-state index in [9.17, 15) is 0 Å². The lowest BCUT2D eigenvalue weighted by molar-refractivity contribution is 0.134. The van der Waals surface area contributed by atoms with Crippen molar-refractivity contribution in [1.29, 1.82) is 0 Å². The summed E-state index contributed by atoms with van der Waals surface area (Å²) in [6.45, 7) is 6.46. The number of nitrogens with zero attached hydrogens (tertiary/aromatic N) is 1. The first-order valence-corrected chi connectivity index (χ1v) is 6.64. The van der Waals surface area contributed by atoms with Crippen LogP contribution >= 0.6 is 12.2 Å². The Hall–Kier alpha value is -1.20. The molecule has 4 nitrogen and oxygen atoms in total. The van der Waals surface area contributed by atoms with Gasteiger partial charge in [-0.15, -0.1) is 0 Å². The van der Waals surface area contributed by atoms with Crippen molar-refractivity contribution in [3.8, 4) is 0 Å². The Balaban J connectivity index is 2.40. The Morgan fingerprint density at radius 3 is 2.89 bits per heavy atom. The van der Waals surface area contributed by atoms with E-state index in [-0.39, 0.29) is 0 Å². The molecule has 0 bridgehead atoms. The summed E-state index contributed by atoms with van der Waals surface area (Å²) >= 11 is 4.97. The van der Waals surface area contributed by atoms with E-state index in [0.29, 0.717) is 4.99 Å². The third kappa shape index (κ3) is 5.42. The van der Waals surface area contributed by atoms with E-state index in [1.807, 2.05) is 19.1 Å². The van der Waals surface area contributed by atoms with E-state index < -0.39 is 0 Å². The Morgan fingerprint density at radius 2 is 2.22 bits per heavy atom. The molecule has 0 aliphatic heterocycles. The standard InChI is InChI=1S/C13H21N3OS/c1-3-6-17-7-4-5-15-12-9-11(13(14)18)8-10(2)16-12/h8-9H,3-7H2,1-2H3,(H2,14,18)(H,15,16). The maximum absolute atomic E-state index is 5.62. The maximum atomic E-state index is 5.62. The third-order valence-electron chi connectivity index (χ3n) is 2.36. The van der Waals surface area contributed by atoms with E-state index in [1.54, 1.807) is 0 Å². The first-order chi connectivity index (χ1) is 8.63. The molecule has 1 aromatic heterocycles. The van der Waals surface area contributed by atoms with Gasteiger partial charge >= 0.3 is 0 Å². The number of nitrogens with one attached hydrogen (secondary N) is 1. The summed E-state index contributed by atoms with van der Waals surface area (Å²) in [4.78, 5) is 4.78. The molecule has 3 N–H and O–H groups in total. The highest BCUT2D eigenvalue weighted by molar-refractivity contribution is 7.80. The minimum Gasteiger partial charge on any atom is -0.389 e. The Labute approximate surface area is 114 Å². The zero-order valence-corrected chi connectivity index (χ0v) is 11.8. The molecule has 0 atom stereocenters. The number of anilines is 1. The minimum atomic E-state index is 0.398. The van der Waals surface area contributed by atoms with Crippen LogP contribution in [0.5, 0.6) is 0 Å². The van der Waals surface area contributed by atoms with Gasteiger partial charge < -0.3 is 15.8 Å². The largest absolute Gasteiger partial charge is 0.389 e. The number of hydrogen-bond acceptors (Lipinski definition) is 4. The summed E-state index contributed by atoms with van der Waals surface area (Å²) < 4.78 is 5.41. The molecular formula is C13H21N3OS. The normalized spacial score (nSPS) is 10.3. The summed E-state index contributed by atoms with van der Waals surface area (Å²) in [7, 11) is 0. The Bertz CT molecular complexity index is 396. The van der Waals surface area contributed by atoms with Gasteiger partial charge in [-0.2, -0.15) is 0 Å². The van der Waals surface area contributed by atoms with Crippen molar-refractivity contribution in [3.63, 3.8) is 0 Å². The van der Waals surface area contributed by atoms with Gasteiger partial charge in [0, 0.05) is 31.0 Å². The molecule has 0 aromatic carbocycles. The third-order valence-corrected chi connectivity index (χ3v) is 2.59. The van der Waals surface area contributed by atoms with Crippen molar-refractivity contribution < 1.29 is 4.74 Å². The van der Waals surface area contributed by atoms with Crippen LogP contribution in [0.25, 0.3) is 0 Å². The van der Waals surface area contributed by atoms with Crippen LogP contribution < -0.4 is 11.1 Å². The quantitative estimate of drug-likeness (QED) is 0.559. The molecule has 1 heterocycles. The molecule has 0 amide bonds. The fourth-order valence-corrected chi connectivity index (χ4v) is 1.66. The molecule has 0 aliphatic carbocycles. The second-order valence-corrected chi connectivity index (χ2v) is 4.58. The zero-order chi connectivity index (χ0) is 13.4. The van der Waals surface area contributed by atoms with Crippen LogP contribution in [-0.4, -0.2) is 29.7 Å². The van der Waals surface area contributed by atoms with Crippen LogP contribution in [0.2, 0.25) is 0 Å². The fourth-order valence-electron chi connectivity index (χ4n) is 1.54. The van der Waals surface area contributed by atoms with Gasteiger partial charge in [0.25, 0.3) is 0 Å². The van der Waals surface area contributed by atoms with Crippen LogP contribution in [0.4, 0.5) is 5.82 Å². The van der Waals surface area contributed by atoms with Crippen LogP contribution in [0, 0.1) is 6.92 Å². The number of aryl methyl sites for hydroxylation is 1. The molecule has 0 saturated carbocycles. The molecule has 18 heavy (non-hydrogen) atoms. The molecular weight excluding hydrogens is 246 g/mol. The Morgan fingerprint density at radius 1 is 1.44 bits per heavy atom. The van der Waals surface area contributed by atoms with Crippen molar-refractivity contribution >= 4 is 23.0 Å². The number of aromatic nitrogens is 1. The molecule has 1 aromatic rings. The Kier molecular flexibility index (Phi) is 6.60. The van der Waals surface area contributed by atoms with E-state index in [4.69, 9.17) is 22.7 Å². The monoisotopic (exact) mass is 267 g/mol. The molecule has 1 rings (SSSR count). The second-order valence-electron chi connectivity index (χ2n) is 4.14. The van der Waals surface area contributed by atoms with Crippen LogP contribution in [-0.2, 0) is 4.74 Å². The number of hydrogen-bond donors (Lipinski definition) is 2. The van der Waals surface area contributed by atoms with Crippen LogP contribution in [0.3, 0.4) is 0 Å². The summed E-state index contributed by atoms with van der Waals surface area (Å²) in [6.07, 6.45) is 2.02. The lowest BCUT2D eigenvalue weighted by Crippen LogP contribution is -2.12. The van der Waals surface area contributed by atoms with Gasteiger partial charge in [-0.1, -0.05) is 19.1 Å². The number of thiocarbonyl (C=S) groups is 1.